The van der Waals surface area contributed by atoms with Gasteiger partial charge in [0.1, 0.15) is 0 Å². The van der Waals surface area contributed by atoms with E-state index in [2.05, 4.69) is 15.2 Å². The standard InChI is InChI=1S/C24H22N4O7S/c1-16-7-9-19(10-8-16)36(32,33)27-20(17-5-3-2-4-6-17)12-24(29)26-25-14-18-11-22-23(35-15-34-22)13-21(18)28(30)31/h2-11,13-14,20,27H,12,15H2,1H3,(H,26,29)/b25-14-/t20-/m0/s1. The minimum atomic E-state index is -3.92. The topological polar surface area (TPSA) is 149 Å². The fourth-order valence-electron chi connectivity index (χ4n) is 3.50. The van der Waals surface area contributed by atoms with Crippen LogP contribution in [0.25, 0.3) is 0 Å². The lowest BCUT2D eigenvalue weighted by atomic mass is 10.0. The summed E-state index contributed by atoms with van der Waals surface area (Å²) in [5, 5.41) is 15.2. The maximum absolute atomic E-state index is 12.9. The Labute approximate surface area is 206 Å². The van der Waals surface area contributed by atoms with E-state index in [0.29, 0.717) is 11.3 Å². The molecule has 0 unspecified atom stereocenters. The van der Waals surface area contributed by atoms with Gasteiger partial charge in [-0.25, -0.2) is 18.6 Å². The monoisotopic (exact) mass is 510 g/mol. The summed E-state index contributed by atoms with van der Waals surface area (Å²) in [4.78, 5) is 23.5. The minimum absolute atomic E-state index is 0.0524. The average Bonchev–Trinajstić information content (AvgIpc) is 3.31. The van der Waals surface area contributed by atoms with E-state index < -0.39 is 26.9 Å². The summed E-state index contributed by atoms with van der Waals surface area (Å²) in [6, 6.07) is 16.7. The highest BCUT2D eigenvalue weighted by Gasteiger charge is 2.25. The number of nitro benzene ring substituents is 1. The number of nitrogens with zero attached hydrogens (tertiary/aromatic N) is 2. The van der Waals surface area contributed by atoms with Crippen LogP contribution in [0.1, 0.15) is 29.2 Å². The fourth-order valence-corrected chi connectivity index (χ4v) is 4.72. The fraction of sp³-hybridized carbons (Fsp3) is 0.167. The van der Waals surface area contributed by atoms with E-state index in [1.807, 2.05) is 6.92 Å². The molecule has 0 bridgehead atoms. The molecule has 186 valence electrons. The van der Waals surface area contributed by atoms with Gasteiger partial charge in [0.25, 0.3) is 5.69 Å². The van der Waals surface area contributed by atoms with Crippen LogP contribution in [0.2, 0.25) is 0 Å². The van der Waals surface area contributed by atoms with Crippen LogP contribution in [0.4, 0.5) is 5.69 Å². The molecule has 11 nitrogen and oxygen atoms in total. The highest BCUT2D eigenvalue weighted by molar-refractivity contribution is 7.89. The number of rotatable bonds is 9. The molecule has 0 aliphatic carbocycles. The molecule has 12 heteroatoms. The first-order valence-corrected chi connectivity index (χ1v) is 12.2. The molecule has 1 atom stereocenters. The number of carbonyl (C=O) groups is 1. The van der Waals surface area contributed by atoms with Gasteiger partial charge >= 0.3 is 0 Å². The van der Waals surface area contributed by atoms with E-state index >= 15 is 0 Å². The van der Waals surface area contributed by atoms with Crippen LogP contribution < -0.4 is 19.6 Å². The summed E-state index contributed by atoms with van der Waals surface area (Å²) in [6.07, 6.45) is 0.849. The zero-order valence-electron chi connectivity index (χ0n) is 19.1. The van der Waals surface area contributed by atoms with Crippen molar-refractivity contribution in [2.24, 2.45) is 5.10 Å². The molecule has 1 aliphatic heterocycles. The zero-order valence-corrected chi connectivity index (χ0v) is 19.9. The first-order chi connectivity index (χ1) is 17.2. The Morgan fingerprint density at radius 3 is 2.44 bits per heavy atom. The second-order valence-corrected chi connectivity index (χ2v) is 9.63. The third-order valence-corrected chi connectivity index (χ3v) is 6.82. The predicted molar refractivity (Wildman–Crippen MR) is 130 cm³/mol. The number of ether oxygens (including phenoxy) is 2. The molecule has 0 fully saturated rings. The second-order valence-electron chi connectivity index (χ2n) is 7.92. The van der Waals surface area contributed by atoms with E-state index in [-0.39, 0.29) is 35.1 Å². The normalized spacial score (nSPS) is 13.5. The molecule has 2 N–H and O–H groups in total. The van der Waals surface area contributed by atoms with Crippen molar-refractivity contribution in [3.05, 3.63) is 93.5 Å². The van der Waals surface area contributed by atoms with Crippen LogP contribution in [0.3, 0.4) is 0 Å². The smallest absolute Gasteiger partial charge is 0.282 e. The van der Waals surface area contributed by atoms with Crippen molar-refractivity contribution < 1.29 is 27.6 Å². The maximum Gasteiger partial charge on any atom is 0.282 e. The number of amides is 1. The largest absolute Gasteiger partial charge is 0.454 e. The third kappa shape index (κ3) is 5.85. The molecule has 0 saturated heterocycles. The predicted octanol–water partition coefficient (Wildman–Crippen LogP) is 3.19. The van der Waals surface area contributed by atoms with Crippen molar-refractivity contribution in [3.8, 4) is 11.5 Å². The van der Waals surface area contributed by atoms with Gasteiger partial charge in [0, 0.05) is 6.42 Å². The number of hydrogen-bond acceptors (Lipinski definition) is 8. The lowest BCUT2D eigenvalue weighted by Crippen LogP contribution is -2.32. The van der Waals surface area contributed by atoms with Gasteiger partial charge in [-0.1, -0.05) is 48.0 Å². The average molecular weight is 511 g/mol. The number of hydrogen-bond donors (Lipinski definition) is 2. The summed E-state index contributed by atoms with van der Waals surface area (Å²) < 4.78 is 38.9. The Morgan fingerprint density at radius 2 is 1.78 bits per heavy atom. The molecule has 1 aliphatic rings. The van der Waals surface area contributed by atoms with Crippen molar-refractivity contribution in [3.63, 3.8) is 0 Å². The van der Waals surface area contributed by atoms with Gasteiger partial charge in [-0.15, -0.1) is 0 Å². The number of sulfonamides is 1. The van der Waals surface area contributed by atoms with Crippen LogP contribution in [0.5, 0.6) is 11.5 Å². The van der Waals surface area contributed by atoms with Crippen molar-refractivity contribution in [2.75, 3.05) is 6.79 Å². The quantitative estimate of drug-likeness (QED) is 0.255. The summed E-state index contributed by atoms with van der Waals surface area (Å²) in [5.41, 5.74) is 3.62. The molecule has 36 heavy (non-hydrogen) atoms. The van der Waals surface area contributed by atoms with E-state index in [0.717, 1.165) is 11.8 Å². The van der Waals surface area contributed by atoms with Crippen molar-refractivity contribution in [2.45, 2.75) is 24.3 Å². The van der Waals surface area contributed by atoms with Gasteiger partial charge in [0.05, 0.1) is 33.7 Å². The van der Waals surface area contributed by atoms with E-state index in [1.165, 1.54) is 24.3 Å². The lowest BCUT2D eigenvalue weighted by Gasteiger charge is -2.18. The Balaban J connectivity index is 1.50. The Kier molecular flexibility index (Phi) is 7.27. The molecule has 1 heterocycles. The summed E-state index contributed by atoms with van der Waals surface area (Å²) in [6.45, 7) is 1.79. The SMILES string of the molecule is Cc1ccc(S(=O)(=O)N[C@@H](CC(=O)N/N=C\c2cc3c(cc2[N+](=O)[O-])OCO3)c2ccccc2)cc1. The van der Waals surface area contributed by atoms with Gasteiger partial charge in [0.15, 0.2) is 11.5 Å². The molecular formula is C24H22N4O7S. The first-order valence-electron chi connectivity index (χ1n) is 10.8. The molecule has 0 radical (unpaired) electrons. The van der Waals surface area contributed by atoms with Crippen molar-refractivity contribution in [1.29, 1.82) is 0 Å². The Morgan fingerprint density at radius 1 is 1.11 bits per heavy atom. The van der Waals surface area contributed by atoms with Gasteiger partial charge in [-0.3, -0.25) is 14.9 Å². The van der Waals surface area contributed by atoms with Crippen molar-refractivity contribution >= 4 is 27.8 Å². The van der Waals surface area contributed by atoms with Crippen LogP contribution in [-0.4, -0.2) is 32.3 Å². The number of benzene rings is 3. The molecule has 0 saturated carbocycles. The van der Waals surface area contributed by atoms with E-state index in [4.69, 9.17) is 9.47 Å². The molecule has 1 amide bonds. The number of hydrazone groups is 1. The van der Waals surface area contributed by atoms with Crippen LogP contribution in [-0.2, 0) is 14.8 Å². The first kappa shape index (κ1) is 24.8. The van der Waals surface area contributed by atoms with E-state index in [9.17, 15) is 23.3 Å². The second kappa shape index (κ2) is 10.5. The van der Waals surface area contributed by atoms with Crippen LogP contribution >= 0.6 is 0 Å². The molecule has 3 aromatic carbocycles. The van der Waals surface area contributed by atoms with E-state index in [1.54, 1.807) is 42.5 Å². The van der Waals surface area contributed by atoms with Gasteiger partial charge < -0.3 is 9.47 Å². The molecule has 4 rings (SSSR count). The van der Waals surface area contributed by atoms with Gasteiger partial charge in [-0.05, 0) is 30.7 Å². The number of carbonyl (C=O) groups excluding carboxylic acids is 1. The summed E-state index contributed by atoms with van der Waals surface area (Å²) >= 11 is 0. The molecule has 3 aromatic rings. The number of fused-ring (bicyclic) bond motifs is 1. The van der Waals surface area contributed by atoms with Gasteiger partial charge in [-0.2, -0.15) is 5.10 Å². The Bertz CT molecular complexity index is 1410. The summed E-state index contributed by atoms with van der Waals surface area (Å²) in [7, 11) is -3.92. The highest BCUT2D eigenvalue weighted by Crippen LogP contribution is 2.37. The molecule has 0 aromatic heterocycles. The zero-order chi connectivity index (χ0) is 25.7. The van der Waals surface area contributed by atoms with Crippen LogP contribution in [0, 0.1) is 17.0 Å². The Hall–Kier alpha value is -4.29. The minimum Gasteiger partial charge on any atom is -0.454 e. The third-order valence-electron chi connectivity index (χ3n) is 5.33. The maximum atomic E-state index is 12.9. The number of nitrogens with one attached hydrogen (secondary N) is 2. The lowest BCUT2D eigenvalue weighted by molar-refractivity contribution is -0.385. The van der Waals surface area contributed by atoms with Gasteiger partial charge in [0.2, 0.25) is 22.7 Å². The number of nitro groups is 1. The molecule has 0 spiro atoms. The van der Waals surface area contributed by atoms with Crippen LogP contribution in [0.15, 0.2) is 76.7 Å². The van der Waals surface area contributed by atoms with Crippen molar-refractivity contribution in [1.82, 2.24) is 10.1 Å². The summed E-state index contributed by atoms with van der Waals surface area (Å²) in [5.74, 6) is -0.0346. The molecular weight excluding hydrogens is 488 g/mol. The number of aryl methyl sites for hydroxylation is 1. The highest BCUT2D eigenvalue weighted by atomic mass is 32.2.